The van der Waals surface area contributed by atoms with E-state index in [0.717, 1.165) is 5.75 Å². The number of fused-ring (bicyclic) bond motifs is 1. The van der Waals surface area contributed by atoms with E-state index in [1.807, 2.05) is 0 Å². The fourth-order valence-electron chi connectivity index (χ4n) is 2.59. The average molecular weight is 205 g/mol. The number of hydrogen-bond donors (Lipinski definition) is 0. The Kier molecular flexibility index (Phi) is 2.37. The Morgan fingerprint density at radius 1 is 1.27 bits per heavy atom. The zero-order valence-electron chi connectivity index (χ0n) is 10.2. The molecule has 2 unspecified atom stereocenters. The van der Waals surface area contributed by atoms with Crippen molar-refractivity contribution in [1.29, 1.82) is 0 Å². The molecule has 1 aromatic rings. The van der Waals surface area contributed by atoms with Gasteiger partial charge in [0.25, 0.3) is 0 Å². The van der Waals surface area contributed by atoms with Gasteiger partial charge in [0.1, 0.15) is 5.75 Å². The number of benzene rings is 1. The lowest BCUT2D eigenvalue weighted by atomic mass is 9.94. The topological polar surface area (TPSA) is 12.5 Å². The van der Waals surface area contributed by atoms with E-state index >= 15 is 0 Å². The standard InChI is InChI=1S/C13H19NO/c1-8-10(3)14(4)11-6-7-12(15-5)9(2)13(8)11/h6-8,10H,1-5H3. The monoisotopic (exact) mass is 205 g/mol. The number of methoxy groups -OCH3 is 1. The van der Waals surface area contributed by atoms with Gasteiger partial charge < -0.3 is 9.64 Å². The van der Waals surface area contributed by atoms with Crippen molar-refractivity contribution in [3.63, 3.8) is 0 Å². The van der Waals surface area contributed by atoms with Crippen molar-refractivity contribution in [1.82, 2.24) is 0 Å². The SMILES string of the molecule is COc1ccc2c(c1C)C(C)C(C)N2C. The van der Waals surface area contributed by atoms with Gasteiger partial charge in [-0.15, -0.1) is 0 Å². The van der Waals surface area contributed by atoms with E-state index in [9.17, 15) is 0 Å². The first-order valence-corrected chi connectivity index (χ1v) is 5.48. The molecule has 0 saturated carbocycles. The summed E-state index contributed by atoms with van der Waals surface area (Å²) >= 11 is 0. The minimum absolute atomic E-state index is 0.575. The van der Waals surface area contributed by atoms with Crippen molar-refractivity contribution in [2.45, 2.75) is 32.7 Å². The lowest BCUT2D eigenvalue weighted by Gasteiger charge is -2.20. The lowest BCUT2D eigenvalue weighted by molar-refractivity contribution is 0.411. The normalized spacial score (nSPS) is 24.2. The highest BCUT2D eigenvalue weighted by Gasteiger charge is 2.32. The molecule has 2 rings (SSSR count). The summed E-state index contributed by atoms with van der Waals surface area (Å²) in [5, 5.41) is 0. The second-order valence-electron chi connectivity index (χ2n) is 4.47. The van der Waals surface area contributed by atoms with E-state index in [2.05, 4.69) is 44.9 Å². The Labute approximate surface area is 91.9 Å². The second kappa shape index (κ2) is 3.44. The molecule has 2 nitrogen and oxygen atoms in total. The molecule has 0 radical (unpaired) electrons. The molecule has 0 amide bonds. The summed E-state index contributed by atoms with van der Waals surface area (Å²) in [5.41, 5.74) is 4.09. The summed E-state index contributed by atoms with van der Waals surface area (Å²) in [5.74, 6) is 1.59. The molecule has 1 aliphatic rings. The first-order chi connectivity index (χ1) is 7.07. The van der Waals surface area contributed by atoms with Crippen LogP contribution in [-0.4, -0.2) is 20.2 Å². The van der Waals surface area contributed by atoms with Crippen molar-refractivity contribution in [2.24, 2.45) is 0 Å². The molecule has 1 heterocycles. The Morgan fingerprint density at radius 3 is 2.53 bits per heavy atom. The van der Waals surface area contributed by atoms with E-state index < -0.39 is 0 Å². The Balaban J connectivity index is 2.60. The van der Waals surface area contributed by atoms with Crippen LogP contribution in [0.3, 0.4) is 0 Å². The van der Waals surface area contributed by atoms with Crippen LogP contribution in [0.1, 0.15) is 30.9 Å². The highest BCUT2D eigenvalue weighted by molar-refractivity contribution is 5.66. The maximum atomic E-state index is 5.37. The van der Waals surface area contributed by atoms with Crippen LogP contribution in [0.2, 0.25) is 0 Å². The third kappa shape index (κ3) is 1.31. The number of nitrogens with zero attached hydrogens (tertiary/aromatic N) is 1. The van der Waals surface area contributed by atoms with E-state index in [4.69, 9.17) is 4.74 Å². The Bertz CT molecular complexity index is 386. The van der Waals surface area contributed by atoms with Crippen LogP contribution in [0.15, 0.2) is 12.1 Å². The summed E-state index contributed by atoms with van der Waals surface area (Å²) in [6, 6.07) is 4.81. The molecule has 0 spiro atoms. The lowest BCUT2D eigenvalue weighted by Crippen LogP contribution is -2.25. The van der Waals surface area contributed by atoms with Crippen molar-refractivity contribution in [3.05, 3.63) is 23.3 Å². The first-order valence-electron chi connectivity index (χ1n) is 5.48. The van der Waals surface area contributed by atoms with Crippen LogP contribution >= 0.6 is 0 Å². The zero-order valence-corrected chi connectivity index (χ0v) is 10.2. The van der Waals surface area contributed by atoms with E-state index in [1.54, 1.807) is 7.11 Å². The predicted molar refractivity (Wildman–Crippen MR) is 64.0 cm³/mol. The summed E-state index contributed by atoms with van der Waals surface area (Å²) in [7, 11) is 3.90. The van der Waals surface area contributed by atoms with Gasteiger partial charge in [-0.3, -0.25) is 0 Å². The highest BCUT2D eigenvalue weighted by atomic mass is 16.5. The van der Waals surface area contributed by atoms with Gasteiger partial charge in [0, 0.05) is 24.7 Å². The summed E-state index contributed by atoms with van der Waals surface area (Å²) in [6.07, 6.45) is 0. The predicted octanol–water partition coefficient (Wildman–Crippen LogP) is 2.95. The van der Waals surface area contributed by atoms with Crippen molar-refractivity contribution in [3.8, 4) is 5.75 Å². The van der Waals surface area contributed by atoms with Crippen LogP contribution in [0.5, 0.6) is 5.75 Å². The molecule has 0 aromatic heterocycles. The van der Waals surface area contributed by atoms with Crippen molar-refractivity contribution < 1.29 is 4.74 Å². The average Bonchev–Trinajstić information content (AvgIpc) is 2.45. The van der Waals surface area contributed by atoms with Crippen LogP contribution in [0, 0.1) is 6.92 Å². The van der Waals surface area contributed by atoms with E-state index in [-0.39, 0.29) is 0 Å². The second-order valence-corrected chi connectivity index (χ2v) is 4.47. The highest BCUT2D eigenvalue weighted by Crippen LogP contribution is 2.44. The van der Waals surface area contributed by atoms with Crippen molar-refractivity contribution >= 4 is 5.69 Å². The molecular formula is C13H19NO. The summed E-state index contributed by atoms with van der Waals surface area (Å²) < 4.78 is 5.37. The molecule has 0 fully saturated rings. The molecule has 0 N–H and O–H groups in total. The molecule has 2 atom stereocenters. The molecule has 82 valence electrons. The number of anilines is 1. The molecule has 1 aromatic carbocycles. The largest absolute Gasteiger partial charge is 0.496 e. The summed E-state index contributed by atoms with van der Waals surface area (Å²) in [6.45, 7) is 6.72. The summed E-state index contributed by atoms with van der Waals surface area (Å²) in [4.78, 5) is 2.35. The van der Waals surface area contributed by atoms with Gasteiger partial charge in [0.05, 0.1) is 7.11 Å². The molecule has 1 aliphatic heterocycles. The Morgan fingerprint density at radius 2 is 1.93 bits per heavy atom. The van der Waals surface area contributed by atoms with Crippen LogP contribution < -0.4 is 9.64 Å². The number of hydrogen-bond acceptors (Lipinski definition) is 2. The third-order valence-electron chi connectivity index (χ3n) is 3.83. The molecular weight excluding hydrogens is 186 g/mol. The fourth-order valence-corrected chi connectivity index (χ4v) is 2.59. The van der Waals surface area contributed by atoms with Gasteiger partial charge in [0.2, 0.25) is 0 Å². The quantitative estimate of drug-likeness (QED) is 0.699. The molecule has 15 heavy (non-hydrogen) atoms. The molecule has 0 aliphatic carbocycles. The van der Waals surface area contributed by atoms with Gasteiger partial charge in [-0.2, -0.15) is 0 Å². The zero-order chi connectivity index (χ0) is 11.2. The van der Waals surface area contributed by atoms with Gasteiger partial charge in [-0.25, -0.2) is 0 Å². The third-order valence-corrected chi connectivity index (χ3v) is 3.83. The minimum Gasteiger partial charge on any atom is -0.496 e. The number of rotatable bonds is 1. The molecule has 2 heteroatoms. The van der Waals surface area contributed by atoms with Gasteiger partial charge in [0.15, 0.2) is 0 Å². The number of ether oxygens (including phenoxy) is 1. The van der Waals surface area contributed by atoms with Crippen LogP contribution in [0.4, 0.5) is 5.69 Å². The smallest absolute Gasteiger partial charge is 0.122 e. The minimum atomic E-state index is 0.575. The fraction of sp³-hybridized carbons (Fsp3) is 0.538. The van der Waals surface area contributed by atoms with Gasteiger partial charge >= 0.3 is 0 Å². The molecule has 0 saturated heterocycles. The van der Waals surface area contributed by atoms with Crippen molar-refractivity contribution in [2.75, 3.05) is 19.1 Å². The number of likely N-dealkylation sites (N-methyl/N-ethyl adjacent to an activating group) is 1. The maximum absolute atomic E-state index is 5.37. The van der Waals surface area contributed by atoms with E-state index in [1.165, 1.54) is 16.8 Å². The van der Waals surface area contributed by atoms with Gasteiger partial charge in [-0.05, 0) is 37.1 Å². The molecule has 0 bridgehead atoms. The van der Waals surface area contributed by atoms with E-state index in [0.29, 0.717) is 12.0 Å². The Hall–Kier alpha value is -1.18. The van der Waals surface area contributed by atoms with Crippen LogP contribution in [0.25, 0.3) is 0 Å². The first kappa shape index (κ1) is 10.3. The van der Waals surface area contributed by atoms with Crippen LogP contribution in [-0.2, 0) is 0 Å². The van der Waals surface area contributed by atoms with Gasteiger partial charge in [-0.1, -0.05) is 6.92 Å². The maximum Gasteiger partial charge on any atom is 0.122 e.